The first-order valence-corrected chi connectivity index (χ1v) is 6.65. The largest absolute Gasteiger partial charge is 0.439 e. The molecule has 3 N–H and O–H groups in total. The maximum absolute atomic E-state index is 11.7. The van der Waals surface area contributed by atoms with Gasteiger partial charge in [-0.2, -0.15) is 0 Å². The van der Waals surface area contributed by atoms with Crippen LogP contribution in [0.4, 0.5) is 5.69 Å². The number of rotatable bonds is 4. The second kappa shape index (κ2) is 5.93. The lowest BCUT2D eigenvalue weighted by Crippen LogP contribution is -2.45. The van der Waals surface area contributed by atoms with Crippen LogP contribution in [-0.2, 0) is 4.79 Å². The summed E-state index contributed by atoms with van der Waals surface area (Å²) in [5.74, 6) is 0.911. The average molecular weight is 285 g/mol. The van der Waals surface area contributed by atoms with E-state index in [2.05, 4.69) is 10.3 Å². The van der Waals surface area contributed by atoms with E-state index >= 15 is 0 Å². The lowest BCUT2D eigenvalue weighted by atomic mass is 10.1. The van der Waals surface area contributed by atoms with Crippen molar-refractivity contribution in [2.45, 2.75) is 26.3 Å². The van der Waals surface area contributed by atoms with E-state index in [1.165, 1.54) is 6.20 Å². The second-order valence-corrected chi connectivity index (χ2v) is 5.48. The normalized spacial score (nSPS) is 11.0. The third-order valence-corrected chi connectivity index (χ3v) is 2.82. The highest BCUT2D eigenvalue weighted by Gasteiger charge is 2.21. The summed E-state index contributed by atoms with van der Waals surface area (Å²) < 4.78 is 5.61. The number of nitrogens with one attached hydrogen (secondary N) is 1. The van der Waals surface area contributed by atoms with Crippen LogP contribution in [0.2, 0.25) is 0 Å². The van der Waals surface area contributed by atoms with Crippen LogP contribution in [0, 0.1) is 6.92 Å². The van der Waals surface area contributed by atoms with E-state index in [0.29, 0.717) is 17.3 Å². The monoisotopic (exact) mass is 285 g/mol. The number of nitrogens with two attached hydrogens (primary N) is 1. The van der Waals surface area contributed by atoms with Crippen molar-refractivity contribution in [1.29, 1.82) is 0 Å². The molecular weight excluding hydrogens is 266 g/mol. The molecule has 0 spiro atoms. The summed E-state index contributed by atoms with van der Waals surface area (Å²) in [4.78, 5) is 15.9. The lowest BCUT2D eigenvalue weighted by molar-refractivity contribution is -0.120. The van der Waals surface area contributed by atoms with Crippen LogP contribution < -0.4 is 15.8 Å². The maximum atomic E-state index is 11.7. The Bertz CT molecular complexity index is 613. The van der Waals surface area contributed by atoms with Gasteiger partial charge in [0.2, 0.25) is 11.8 Å². The van der Waals surface area contributed by atoms with Crippen molar-refractivity contribution >= 4 is 11.6 Å². The van der Waals surface area contributed by atoms with Gasteiger partial charge in [0.25, 0.3) is 0 Å². The number of hydrogen-bond donors (Lipinski definition) is 2. The van der Waals surface area contributed by atoms with Crippen LogP contribution >= 0.6 is 0 Å². The Morgan fingerprint density at radius 1 is 1.19 bits per heavy atom. The van der Waals surface area contributed by atoms with Crippen LogP contribution in [0.5, 0.6) is 11.6 Å². The Morgan fingerprint density at radius 3 is 2.38 bits per heavy atom. The number of carbonyl (C=O) groups excluding carboxylic acids is 1. The number of pyridine rings is 1. The van der Waals surface area contributed by atoms with E-state index < -0.39 is 5.54 Å². The Labute approximate surface area is 124 Å². The minimum Gasteiger partial charge on any atom is -0.439 e. The molecule has 0 aliphatic rings. The van der Waals surface area contributed by atoms with Crippen LogP contribution in [-0.4, -0.2) is 16.4 Å². The summed E-state index contributed by atoms with van der Waals surface area (Å²) in [7, 11) is 0. The Kier molecular flexibility index (Phi) is 4.23. The fourth-order valence-corrected chi connectivity index (χ4v) is 1.53. The summed E-state index contributed by atoms with van der Waals surface area (Å²) in [5.41, 5.74) is 6.52. The summed E-state index contributed by atoms with van der Waals surface area (Å²) in [6, 6.07) is 11.1. The molecule has 2 rings (SSSR count). The average Bonchev–Trinajstić information content (AvgIpc) is 2.42. The molecule has 0 saturated heterocycles. The van der Waals surface area contributed by atoms with Crippen molar-refractivity contribution in [3.63, 3.8) is 0 Å². The van der Waals surface area contributed by atoms with Gasteiger partial charge in [-0.05, 0) is 39.0 Å². The zero-order valence-electron chi connectivity index (χ0n) is 12.4. The van der Waals surface area contributed by atoms with E-state index in [9.17, 15) is 4.79 Å². The highest BCUT2D eigenvalue weighted by Crippen LogP contribution is 2.21. The molecule has 0 radical (unpaired) electrons. The molecule has 1 heterocycles. The van der Waals surface area contributed by atoms with Gasteiger partial charge in [-0.25, -0.2) is 4.98 Å². The summed E-state index contributed by atoms with van der Waals surface area (Å²) in [6.07, 6.45) is 1.53. The molecule has 0 atom stereocenters. The minimum atomic E-state index is -0.933. The van der Waals surface area contributed by atoms with Gasteiger partial charge in [0, 0.05) is 6.07 Å². The van der Waals surface area contributed by atoms with Crippen LogP contribution in [0.3, 0.4) is 0 Å². The van der Waals surface area contributed by atoms with E-state index in [0.717, 1.165) is 5.56 Å². The number of anilines is 1. The molecule has 110 valence electrons. The Balaban J connectivity index is 2.02. The molecule has 1 aromatic carbocycles. The van der Waals surface area contributed by atoms with Gasteiger partial charge in [0.05, 0.1) is 17.4 Å². The first-order chi connectivity index (χ1) is 9.84. The number of aryl methyl sites for hydroxylation is 1. The molecule has 0 fully saturated rings. The van der Waals surface area contributed by atoms with Gasteiger partial charge in [-0.3, -0.25) is 4.79 Å². The Hall–Kier alpha value is -2.40. The van der Waals surface area contributed by atoms with Crippen LogP contribution in [0.15, 0.2) is 42.6 Å². The van der Waals surface area contributed by atoms with E-state index in [1.54, 1.807) is 26.0 Å². The number of nitrogens with zero attached hydrogens (tertiary/aromatic N) is 1. The van der Waals surface area contributed by atoms with Gasteiger partial charge in [-0.15, -0.1) is 0 Å². The summed E-state index contributed by atoms with van der Waals surface area (Å²) >= 11 is 0. The van der Waals surface area contributed by atoms with Gasteiger partial charge < -0.3 is 15.8 Å². The molecule has 1 amide bonds. The summed E-state index contributed by atoms with van der Waals surface area (Å²) in [5, 5.41) is 2.70. The topological polar surface area (TPSA) is 77.2 Å². The van der Waals surface area contributed by atoms with Crippen molar-refractivity contribution in [2.24, 2.45) is 5.73 Å². The van der Waals surface area contributed by atoms with E-state index in [4.69, 9.17) is 10.5 Å². The van der Waals surface area contributed by atoms with Gasteiger partial charge >= 0.3 is 0 Å². The number of hydrogen-bond acceptors (Lipinski definition) is 4. The van der Waals surface area contributed by atoms with E-state index in [1.807, 2.05) is 31.2 Å². The first kappa shape index (κ1) is 15.0. The molecule has 5 heteroatoms. The molecule has 0 unspecified atom stereocenters. The number of carbonyl (C=O) groups is 1. The van der Waals surface area contributed by atoms with Crippen LogP contribution in [0.25, 0.3) is 0 Å². The first-order valence-electron chi connectivity index (χ1n) is 6.65. The van der Waals surface area contributed by atoms with Gasteiger partial charge in [-0.1, -0.05) is 17.7 Å². The third-order valence-electron chi connectivity index (χ3n) is 2.82. The Morgan fingerprint density at radius 2 is 1.86 bits per heavy atom. The van der Waals surface area contributed by atoms with Crippen molar-refractivity contribution in [3.8, 4) is 11.6 Å². The maximum Gasteiger partial charge on any atom is 0.243 e. The lowest BCUT2D eigenvalue weighted by Gasteiger charge is -2.17. The zero-order valence-corrected chi connectivity index (χ0v) is 12.4. The number of amides is 1. The smallest absolute Gasteiger partial charge is 0.243 e. The van der Waals surface area contributed by atoms with Crippen molar-refractivity contribution in [1.82, 2.24) is 4.98 Å². The predicted octanol–water partition coefficient (Wildman–Crippen LogP) is 2.86. The standard InChI is InChI=1S/C16H19N3O2/c1-11-4-7-13(8-5-11)21-14-9-6-12(10-18-14)19-15(20)16(2,3)17/h4-10H,17H2,1-3H3,(H,19,20). The highest BCUT2D eigenvalue weighted by atomic mass is 16.5. The van der Waals surface area contributed by atoms with Crippen molar-refractivity contribution in [2.75, 3.05) is 5.32 Å². The molecule has 0 aliphatic heterocycles. The third kappa shape index (κ3) is 4.29. The predicted molar refractivity (Wildman–Crippen MR) is 82.4 cm³/mol. The van der Waals surface area contributed by atoms with E-state index in [-0.39, 0.29) is 5.91 Å². The molecular formula is C16H19N3O2. The molecule has 1 aromatic heterocycles. The molecule has 0 aliphatic carbocycles. The zero-order chi connectivity index (χ0) is 15.5. The minimum absolute atomic E-state index is 0.267. The quantitative estimate of drug-likeness (QED) is 0.905. The molecule has 0 bridgehead atoms. The number of benzene rings is 1. The number of ether oxygens (including phenoxy) is 1. The molecule has 21 heavy (non-hydrogen) atoms. The fraction of sp³-hybridized carbons (Fsp3) is 0.250. The summed E-state index contributed by atoms with van der Waals surface area (Å²) in [6.45, 7) is 5.30. The molecule has 5 nitrogen and oxygen atoms in total. The highest BCUT2D eigenvalue weighted by molar-refractivity contribution is 5.97. The van der Waals surface area contributed by atoms with Crippen LogP contribution in [0.1, 0.15) is 19.4 Å². The van der Waals surface area contributed by atoms with Gasteiger partial charge in [0.15, 0.2) is 0 Å². The fourth-order valence-electron chi connectivity index (χ4n) is 1.53. The molecule has 2 aromatic rings. The van der Waals surface area contributed by atoms with Gasteiger partial charge in [0.1, 0.15) is 5.75 Å². The second-order valence-electron chi connectivity index (χ2n) is 5.48. The van der Waals surface area contributed by atoms with Crippen molar-refractivity contribution in [3.05, 3.63) is 48.2 Å². The SMILES string of the molecule is Cc1ccc(Oc2ccc(NC(=O)C(C)(C)N)cn2)cc1. The molecule has 0 saturated carbocycles. The number of aromatic nitrogens is 1. The van der Waals surface area contributed by atoms with Crippen molar-refractivity contribution < 1.29 is 9.53 Å².